The Morgan fingerprint density at radius 2 is 1.95 bits per heavy atom. The van der Waals surface area contributed by atoms with E-state index in [1.165, 1.54) is 5.56 Å². The van der Waals surface area contributed by atoms with Crippen LogP contribution in [-0.2, 0) is 11.2 Å². The normalized spacial score (nSPS) is 11.8. The number of benzene rings is 2. The topological polar surface area (TPSA) is 38.3 Å². The Morgan fingerprint density at radius 1 is 1.23 bits per heavy atom. The number of ether oxygens (including phenoxy) is 1. The first-order valence-corrected chi connectivity index (χ1v) is 7.64. The molecule has 0 aromatic heterocycles. The third-order valence-electron chi connectivity index (χ3n) is 3.18. The van der Waals surface area contributed by atoms with Crippen molar-refractivity contribution in [2.75, 3.05) is 6.61 Å². The maximum atomic E-state index is 12.0. The molecule has 0 aliphatic carbocycles. The predicted octanol–water partition coefficient (Wildman–Crippen LogP) is 3.77. The van der Waals surface area contributed by atoms with Crippen molar-refractivity contribution in [2.45, 2.75) is 26.3 Å². The van der Waals surface area contributed by atoms with E-state index < -0.39 is 0 Å². The van der Waals surface area contributed by atoms with Gasteiger partial charge in [0.2, 0.25) is 5.91 Å². The number of halogens is 1. The summed E-state index contributed by atoms with van der Waals surface area (Å²) in [5.74, 6) is 0.767. The molecule has 0 saturated heterocycles. The van der Waals surface area contributed by atoms with Crippen LogP contribution >= 0.6 is 11.6 Å². The molecule has 0 saturated carbocycles. The highest BCUT2D eigenvalue weighted by Gasteiger charge is 2.09. The van der Waals surface area contributed by atoms with Crippen LogP contribution in [0.1, 0.15) is 18.1 Å². The zero-order valence-electron chi connectivity index (χ0n) is 12.8. The van der Waals surface area contributed by atoms with E-state index in [0.29, 0.717) is 18.1 Å². The Hall–Kier alpha value is -2.00. The van der Waals surface area contributed by atoms with E-state index in [2.05, 4.69) is 5.32 Å². The number of hydrogen-bond donors (Lipinski definition) is 1. The molecule has 3 nitrogen and oxygen atoms in total. The molecule has 2 aromatic rings. The molecule has 1 unspecified atom stereocenters. The van der Waals surface area contributed by atoms with Crippen molar-refractivity contribution in [3.8, 4) is 5.75 Å². The first kappa shape index (κ1) is 16.4. The van der Waals surface area contributed by atoms with Gasteiger partial charge in [-0.2, -0.15) is 0 Å². The second-order valence-corrected chi connectivity index (χ2v) is 5.84. The van der Waals surface area contributed by atoms with Crippen LogP contribution in [0.25, 0.3) is 0 Å². The lowest BCUT2D eigenvalue weighted by atomic mass is 10.1. The van der Waals surface area contributed by atoms with E-state index in [1.54, 1.807) is 12.1 Å². The molecule has 116 valence electrons. The van der Waals surface area contributed by atoms with E-state index in [9.17, 15) is 4.79 Å². The van der Waals surface area contributed by atoms with Crippen LogP contribution in [-0.4, -0.2) is 18.6 Å². The molecule has 2 rings (SSSR count). The average Bonchev–Trinajstić information content (AvgIpc) is 2.46. The Morgan fingerprint density at radius 3 is 2.64 bits per heavy atom. The Bertz CT molecular complexity index is 625. The molecule has 2 aromatic carbocycles. The third kappa shape index (κ3) is 5.41. The number of aryl methyl sites for hydroxylation is 1. The Labute approximate surface area is 136 Å². The summed E-state index contributed by atoms with van der Waals surface area (Å²) >= 11 is 5.91. The molecular formula is C18H20ClNO2. The second kappa shape index (κ2) is 7.85. The van der Waals surface area contributed by atoms with E-state index in [0.717, 1.165) is 11.3 Å². The van der Waals surface area contributed by atoms with Crippen LogP contribution in [0.2, 0.25) is 5.02 Å². The van der Waals surface area contributed by atoms with Gasteiger partial charge in [-0.25, -0.2) is 0 Å². The summed E-state index contributed by atoms with van der Waals surface area (Å²) in [6.07, 6.45) is 0.315. The van der Waals surface area contributed by atoms with Crippen molar-refractivity contribution >= 4 is 17.5 Å². The number of carbonyl (C=O) groups is 1. The van der Waals surface area contributed by atoms with Crippen LogP contribution in [0, 0.1) is 6.92 Å². The maximum absolute atomic E-state index is 12.0. The Kier molecular flexibility index (Phi) is 5.84. The average molecular weight is 318 g/mol. The van der Waals surface area contributed by atoms with Crippen molar-refractivity contribution in [1.82, 2.24) is 5.32 Å². The van der Waals surface area contributed by atoms with Gasteiger partial charge in [-0.15, -0.1) is 0 Å². The zero-order chi connectivity index (χ0) is 15.9. The second-order valence-electron chi connectivity index (χ2n) is 5.40. The number of nitrogens with one attached hydrogen (secondary N) is 1. The molecule has 0 radical (unpaired) electrons. The van der Waals surface area contributed by atoms with E-state index in [1.807, 2.05) is 50.2 Å². The van der Waals surface area contributed by atoms with Crippen LogP contribution in [0.5, 0.6) is 5.75 Å². The fraction of sp³-hybridized carbons (Fsp3) is 0.278. The van der Waals surface area contributed by atoms with E-state index in [-0.39, 0.29) is 11.9 Å². The molecule has 0 bridgehead atoms. The van der Waals surface area contributed by atoms with Gasteiger partial charge in [0.15, 0.2) is 0 Å². The Balaban J connectivity index is 1.77. The van der Waals surface area contributed by atoms with Gasteiger partial charge in [0.1, 0.15) is 12.4 Å². The summed E-state index contributed by atoms with van der Waals surface area (Å²) in [6, 6.07) is 15.1. The number of rotatable bonds is 6. The molecule has 0 spiro atoms. The lowest BCUT2D eigenvalue weighted by molar-refractivity contribution is -0.121. The van der Waals surface area contributed by atoms with Gasteiger partial charge in [0.05, 0.1) is 12.5 Å². The van der Waals surface area contributed by atoms with Gasteiger partial charge in [0, 0.05) is 5.02 Å². The molecule has 0 aliphatic rings. The van der Waals surface area contributed by atoms with Crippen LogP contribution < -0.4 is 10.1 Å². The molecule has 1 amide bonds. The SMILES string of the molecule is Cc1ccc(OCC(C)NC(=O)Cc2cccc(Cl)c2)cc1. The van der Waals surface area contributed by atoms with Crippen LogP contribution in [0.3, 0.4) is 0 Å². The minimum absolute atomic E-state index is 0.0396. The van der Waals surface area contributed by atoms with Crippen molar-refractivity contribution in [2.24, 2.45) is 0 Å². The number of carbonyl (C=O) groups excluding carboxylic acids is 1. The van der Waals surface area contributed by atoms with Crippen molar-refractivity contribution in [1.29, 1.82) is 0 Å². The highest BCUT2D eigenvalue weighted by Crippen LogP contribution is 2.12. The van der Waals surface area contributed by atoms with Crippen molar-refractivity contribution < 1.29 is 9.53 Å². The maximum Gasteiger partial charge on any atom is 0.224 e. The molecule has 0 aliphatic heterocycles. The lowest BCUT2D eigenvalue weighted by Gasteiger charge is -2.15. The number of amides is 1. The van der Waals surface area contributed by atoms with Crippen LogP contribution in [0.4, 0.5) is 0 Å². The van der Waals surface area contributed by atoms with Crippen molar-refractivity contribution in [3.05, 3.63) is 64.7 Å². The standard InChI is InChI=1S/C18H20ClNO2/c1-13-6-8-17(9-7-13)22-12-14(2)20-18(21)11-15-4-3-5-16(19)10-15/h3-10,14H,11-12H2,1-2H3,(H,20,21). The summed E-state index contributed by atoms with van der Waals surface area (Å²) in [5.41, 5.74) is 2.09. The molecular weight excluding hydrogens is 298 g/mol. The van der Waals surface area contributed by atoms with Crippen LogP contribution in [0.15, 0.2) is 48.5 Å². The molecule has 4 heteroatoms. The first-order chi connectivity index (χ1) is 10.5. The fourth-order valence-corrected chi connectivity index (χ4v) is 2.27. The zero-order valence-corrected chi connectivity index (χ0v) is 13.6. The summed E-state index contributed by atoms with van der Waals surface area (Å²) in [4.78, 5) is 12.0. The fourth-order valence-electron chi connectivity index (χ4n) is 2.06. The largest absolute Gasteiger partial charge is 0.491 e. The van der Waals surface area contributed by atoms with Gasteiger partial charge < -0.3 is 10.1 Å². The van der Waals surface area contributed by atoms with Gasteiger partial charge >= 0.3 is 0 Å². The highest BCUT2D eigenvalue weighted by atomic mass is 35.5. The summed E-state index contributed by atoms with van der Waals surface area (Å²) < 4.78 is 5.66. The molecule has 1 atom stereocenters. The highest BCUT2D eigenvalue weighted by molar-refractivity contribution is 6.30. The van der Waals surface area contributed by atoms with Gasteiger partial charge in [-0.05, 0) is 43.7 Å². The van der Waals surface area contributed by atoms with E-state index >= 15 is 0 Å². The quantitative estimate of drug-likeness (QED) is 0.880. The molecule has 22 heavy (non-hydrogen) atoms. The van der Waals surface area contributed by atoms with Gasteiger partial charge in [-0.3, -0.25) is 4.79 Å². The van der Waals surface area contributed by atoms with Crippen molar-refractivity contribution in [3.63, 3.8) is 0 Å². The first-order valence-electron chi connectivity index (χ1n) is 7.26. The monoisotopic (exact) mass is 317 g/mol. The van der Waals surface area contributed by atoms with Gasteiger partial charge in [-0.1, -0.05) is 41.4 Å². The minimum Gasteiger partial charge on any atom is -0.491 e. The summed E-state index contributed by atoms with van der Waals surface area (Å²) in [6.45, 7) is 4.39. The lowest BCUT2D eigenvalue weighted by Crippen LogP contribution is -2.37. The summed E-state index contributed by atoms with van der Waals surface area (Å²) in [7, 11) is 0. The molecule has 0 fully saturated rings. The third-order valence-corrected chi connectivity index (χ3v) is 3.42. The summed E-state index contributed by atoms with van der Waals surface area (Å²) in [5, 5.41) is 3.56. The minimum atomic E-state index is -0.0620. The molecule has 0 heterocycles. The smallest absolute Gasteiger partial charge is 0.224 e. The number of hydrogen-bond acceptors (Lipinski definition) is 2. The predicted molar refractivity (Wildman–Crippen MR) is 89.4 cm³/mol. The van der Waals surface area contributed by atoms with Gasteiger partial charge in [0.25, 0.3) is 0 Å². The van der Waals surface area contributed by atoms with E-state index in [4.69, 9.17) is 16.3 Å². The molecule has 1 N–H and O–H groups in total.